The van der Waals surface area contributed by atoms with Gasteiger partial charge in [-0.3, -0.25) is 9.59 Å². The molecule has 2 fully saturated rings. The van der Waals surface area contributed by atoms with Crippen LogP contribution < -0.4 is 0 Å². The molecule has 74 valence electrons. The zero-order valence-electron chi connectivity index (χ0n) is 7.86. The topological polar surface area (TPSA) is 43.4 Å². The number of cyclic esters (lactones) is 2. The third kappa shape index (κ3) is 0.825. The van der Waals surface area contributed by atoms with Crippen LogP contribution in [0.2, 0.25) is 0 Å². The molecule has 1 saturated heterocycles. The number of ether oxygens (including phenoxy) is 1. The van der Waals surface area contributed by atoms with Gasteiger partial charge in [-0.15, -0.1) is 0 Å². The molecule has 3 heteroatoms. The van der Waals surface area contributed by atoms with Crippen LogP contribution in [0.25, 0.3) is 0 Å². The van der Waals surface area contributed by atoms with Crippen molar-refractivity contribution in [2.45, 2.75) is 25.7 Å². The first-order valence-electron chi connectivity index (χ1n) is 5.14. The molecule has 0 radical (unpaired) electrons. The molecule has 0 bridgehead atoms. The number of fused-ring (bicyclic) bond motifs is 2. The molecule has 3 unspecified atom stereocenters. The highest BCUT2D eigenvalue weighted by atomic mass is 16.6. The van der Waals surface area contributed by atoms with Gasteiger partial charge in [-0.1, -0.05) is 12.2 Å². The predicted molar refractivity (Wildman–Crippen MR) is 48.1 cm³/mol. The molecule has 3 aliphatic rings. The lowest BCUT2D eigenvalue weighted by atomic mass is 9.75. The van der Waals surface area contributed by atoms with Crippen LogP contribution in [0.3, 0.4) is 0 Å². The SMILES string of the molecule is O=C1CC2(CCC3CC=CC32)C(=O)O1. The fraction of sp³-hybridized carbons (Fsp3) is 0.636. The molecule has 1 spiro atoms. The van der Waals surface area contributed by atoms with Crippen LogP contribution in [-0.4, -0.2) is 11.9 Å². The zero-order chi connectivity index (χ0) is 9.76. The summed E-state index contributed by atoms with van der Waals surface area (Å²) in [5.41, 5.74) is -0.477. The van der Waals surface area contributed by atoms with Crippen molar-refractivity contribution in [1.82, 2.24) is 0 Å². The lowest BCUT2D eigenvalue weighted by Crippen LogP contribution is -2.30. The summed E-state index contributed by atoms with van der Waals surface area (Å²) in [5.74, 6) is 0.229. The largest absolute Gasteiger partial charge is 0.393 e. The van der Waals surface area contributed by atoms with Crippen molar-refractivity contribution in [3.8, 4) is 0 Å². The Morgan fingerprint density at radius 3 is 3.00 bits per heavy atom. The Kier molecular flexibility index (Phi) is 1.45. The van der Waals surface area contributed by atoms with Gasteiger partial charge >= 0.3 is 11.9 Å². The maximum Gasteiger partial charge on any atom is 0.320 e. The summed E-state index contributed by atoms with van der Waals surface area (Å²) in [6.07, 6.45) is 7.49. The van der Waals surface area contributed by atoms with E-state index in [1.807, 2.05) is 0 Å². The summed E-state index contributed by atoms with van der Waals surface area (Å²) in [4.78, 5) is 22.8. The molecule has 0 aromatic heterocycles. The molecule has 2 aliphatic carbocycles. The quantitative estimate of drug-likeness (QED) is 0.331. The molecular formula is C11H12O3. The van der Waals surface area contributed by atoms with Gasteiger partial charge in [-0.05, 0) is 31.1 Å². The fourth-order valence-electron chi connectivity index (χ4n) is 3.26. The van der Waals surface area contributed by atoms with E-state index in [0.717, 1.165) is 19.3 Å². The Labute approximate surface area is 82.1 Å². The highest BCUT2D eigenvalue weighted by molar-refractivity contribution is 5.98. The van der Waals surface area contributed by atoms with Crippen LogP contribution in [0.15, 0.2) is 12.2 Å². The van der Waals surface area contributed by atoms with E-state index >= 15 is 0 Å². The summed E-state index contributed by atoms with van der Waals surface area (Å²) in [6, 6.07) is 0. The van der Waals surface area contributed by atoms with E-state index < -0.39 is 5.41 Å². The van der Waals surface area contributed by atoms with Gasteiger partial charge < -0.3 is 4.74 Å². The van der Waals surface area contributed by atoms with Crippen molar-refractivity contribution >= 4 is 11.9 Å². The predicted octanol–water partition coefficient (Wildman–Crippen LogP) is 1.43. The zero-order valence-corrected chi connectivity index (χ0v) is 7.86. The van der Waals surface area contributed by atoms with Gasteiger partial charge in [-0.2, -0.15) is 0 Å². The number of allylic oxidation sites excluding steroid dienone is 2. The highest BCUT2D eigenvalue weighted by Crippen LogP contribution is 2.56. The second-order valence-electron chi connectivity index (χ2n) is 4.58. The molecule has 0 amide bonds. The van der Waals surface area contributed by atoms with E-state index in [2.05, 4.69) is 12.2 Å². The minimum absolute atomic E-state index is 0.265. The molecule has 3 atom stereocenters. The van der Waals surface area contributed by atoms with Crippen LogP contribution >= 0.6 is 0 Å². The van der Waals surface area contributed by atoms with Gasteiger partial charge in [-0.25, -0.2) is 0 Å². The molecule has 1 heterocycles. The van der Waals surface area contributed by atoms with Crippen LogP contribution in [0, 0.1) is 17.3 Å². The van der Waals surface area contributed by atoms with Crippen molar-refractivity contribution in [3.63, 3.8) is 0 Å². The standard InChI is InChI=1S/C11H12O3/c12-9-6-11(10(13)14-9)5-4-7-2-1-3-8(7)11/h1,3,7-8H,2,4-6H2. The lowest BCUT2D eigenvalue weighted by Gasteiger charge is -2.23. The lowest BCUT2D eigenvalue weighted by molar-refractivity contribution is -0.155. The normalized spacial score (nSPS) is 44.9. The molecule has 0 aromatic carbocycles. The first kappa shape index (κ1) is 8.21. The van der Waals surface area contributed by atoms with E-state index in [0.29, 0.717) is 12.3 Å². The first-order chi connectivity index (χ1) is 6.72. The molecule has 0 N–H and O–H groups in total. The van der Waals surface area contributed by atoms with Crippen molar-refractivity contribution < 1.29 is 14.3 Å². The van der Waals surface area contributed by atoms with Crippen molar-refractivity contribution in [2.24, 2.45) is 17.3 Å². The molecule has 3 nitrogen and oxygen atoms in total. The summed E-state index contributed by atoms with van der Waals surface area (Å²) in [6.45, 7) is 0. The average Bonchev–Trinajstić information content (AvgIpc) is 2.73. The molecule has 1 aliphatic heterocycles. The summed E-state index contributed by atoms with van der Waals surface area (Å²) >= 11 is 0. The van der Waals surface area contributed by atoms with Gasteiger partial charge in [0, 0.05) is 0 Å². The maximum absolute atomic E-state index is 11.7. The monoisotopic (exact) mass is 192 g/mol. The van der Waals surface area contributed by atoms with Gasteiger partial charge in [0.15, 0.2) is 0 Å². The van der Waals surface area contributed by atoms with Crippen molar-refractivity contribution in [3.05, 3.63) is 12.2 Å². The summed E-state index contributed by atoms with van der Waals surface area (Å²) < 4.78 is 4.70. The number of esters is 2. The number of rotatable bonds is 0. The second kappa shape index (κ2) is 2.47. The van der Waals surface area contributed by atoms with Gasteiger partial charge in [0.05, 0.1) is 11.8 Å². The Morgan fingerprint density at radius 1 is 1.43 bits per heavy atom. The first-order valence-corrected chi connectivity index (χ1v) is 5.14. The van der Waals surface area contributed by atoms with Crippen LogP contribution in [0.5, 0.6) is 0 Å². The van der Waals surface area contributed by atoms with Crippen LogP contribution in [-0.2, 0) is 14.3 Å². The highest BCUT2D eigenvalue weighted by Gasteiger charge is 2.59. The smallest absolute Gasteiger partial charge is 0.320 e. The van der Waals surface area contributed by atoms with Gasteiger partial charge in [0.25, 0.3) is 0 Å². The summed E-state index contributed by atoms with van der Waals surface area (Å²) in [7, 11) is 0. The van der Waals surface area contributed by atoms with Crippen LogP contribution in [0.4, 0.5) is 0 Å². The maximum atomic E-state index is 11.7. The Bertz CT molecular complexity index is 344. The minimum Gasteiger partial charge on any atom is -0.393 e. The molecule has 0 aromatic rings. The number of hydrogen-bond donors (Lipinski definition) is 0. The fourth-order valence-corrected chi connectivity index (χ4v) is 3.26. The van der Waals surface area contributed by atoms with Crippen molar-refractivity contribution in [2.75, 3.05) is 0 Å². The summed E-state index contributed by atoms with van der Waals surface area (Å²) in [5, 5.41) is 0. The number of carbonyl (C=O) groups excluding carboxylic acids is 2. The van der Waals surface area contributed by atoms with E-state index in [9.17, 15) is 9.59 Å². The minimum atomic E-state index is -0.477. The second-order valence-corrected chi connectivity index (χ2v) is 4.58. The average molecular weight is 192 g/mol. The van der Waals surface area contributed by atoms with E-state index in [1.54, 1.807) is 0 Å². The van der Waals surface area contributed by atoms with E-state index in [1.165, 1.54) is 0 Å². The third-order valence-corrected chi connectivity index (χ3v) is 3.96. The van der Waals surface area contributed by atoms with Crippen molar-refractivity contribution in [1.29, 1.82) is 0 Å². The van der Waals surface area contributed by atoms with Gasteiger partial charge in [0.2, 0.25) is 0 Å². The van der Waals surface area contributed by atoms with E-state index in [4.69, 9.17) is 4.74 Å². The number of hydrogen-bond acceptors (Lipinski definition) is 3. The van der Waals surface area contributed by atoms with Gasteiger partial charge in [0.1, 0.15) is 0 Å². The Hall–Kier alpha value is -1.12. The molecular weight excluding hydrogens is 180 g/mol. The third-order valence-electron chi connectivity index (χ3n) is 3.96. The Balaban J connectivity index is 2.00. The number of carbonyl (C=O) groups is 2. The Morgan fingerprint density at radius 2 is 2.29 bits per heavy atom. The molecule has 3 rings (SSSR count). The molecule has 1 saturated carbocycles. The van der Waals surface area contributed by atoms with E-state index in [-0.39, 0.29) is 17.9 Å². The van der Waals surface area contributed by atoms with Crippen LogP contribution in [0.1, 0.15) is 25.7 Å². The molecule has 14 heavy (non-hydrogen) atoms.